The van der Waals surface area contributed by atoms with Gasteiger partial charge in [-0.1, -0.05) is 35.9 Å². The zero-order valence-corrected chi connectivity index (χ0v) is 21.8. The zero-order valence-electron chi connectivity index (χ0n) is 21.0. The summed E-state index contributed by atoms with van der Waals surface area (Å²) in [6.07, 6.45) is 1.31. The van der Waals surface area contributed by atoms with Gasteiger partial charge in [-0.15, -0.1) is 0 Å². The van der Waals surface area contributed by atoms with E-state index in [0.29, 0.717) is 32.6 Å². The monoisotopic (exact) mass is 568 g/mol. The van der Waals surface area contributed by atoms with Gasteiger partial charge in [0.15, 0.2) is 11.5 Å². The van der Waals surface area contributed by atoms with Crippen molar-refractivity contribution in [2.24, 2.45) is 5.10 Å². The van der Waals surface area contributed by atoms with Gasteiger partial charge in [0, 0.05) is 22.0 Å². The third-order valence-electron chi connectivity index (χ3n) is 6.24. The maximum atomic E-state index is 13.5. The first-order valence-electron chi connectivity index (χ1n) is 12.3. The molecule has 0 N–H and O–H groups in total. The molecule has 0 fully saturated rings. The van der Waals surface area contributed by atoms with Gasteiger partial charge in [-0.3, -0.25) is 14.9 Å². The number of nitro groups is 1. The Morgan fingerprint density at radius 3 is 2.73 bits per heavy atom. The standard InChI is InChI=1S/C30H18ClFN4O5/c31-21-9-11-26-20(14-21)15-28(41-26)29-34-24-7-2-1-6-23(24)30(37)35(29)33-16-18-8-10-27(25(13-18)36(38)39)40-17-19-4-3-5-22(32)12-19/h1-16H,17H2. The number of halogens is 2. The van der Waals surface area contributed by atoms with E-state index >= 15 is 0 Å². The Labute approximate surface area is 235 Å². The molecule has 11 heteroatoms. The first-order valence-corrected chi connectivity index (χ1v) is 12.6. The summed E-state index contributed by atoms with van der Waals surface area (Å²) in [6.45, 7) is -0.0593. The molecule has 6 aromatic rings. The number of nitrogens with zero attached hydrogens (tertiary/aromatic N) is 4. The fraction of sp³-hybridized carbons (Fsp3) is 0.0333. The van der Waals surface area contributed by atoms with Crippen molar-refractivity contribution >= 4 is 45.4 Å². The Balaban J connectivity index is 1.39. The molecule has 0 unspecified atom stereocenters. The predicted molar refractivity (Wildman–Crippen MR) is 153 cm³/mol. The van der Waals surface area contributed by atoms with Crippen LogP contribution < -0.4 is 10.3 Å². The van der Waals surface area contributed by atoms with Crippen LogP contribution in [0.3, 0.4) is 0 Å². The molecule has 2 aromatic heterocycles. The highest BCUT2D eigenvalue weighted by atomic mass is 35.5. The van der Waals surface area contributed by atoms with E-state index in [1.807, 2.05) is 0 Å². The smallest absolute Gasteiger partial charge is 0.311 e. The van der Waals surface area contributed by atoms with E-state index in [2.05, 4.69) is 10.1 Å². The van der Waals surface area contributed by atoms with Crippen molar-refractivity contribution in [1.82, 2.24) is 9.66 Å². The predicted octanol–water partition coefficient (Wildman–Crippen LogP) is 6.97. The molecule has 0 aliphatic heterocycles. The lowest BCUT2D eigenvalue weighted by atomic mass is 10.2. The van der Waals surface area contributed by atoms with Crippen molar-refractivity contribution in [3.63, 3.8) is 0 Å². The van der Waals surface area contributed by atoms with Crippen LogP contribution in [0.1, 0.15) is 11.1 Å². The SMILES string of the molecule is O=c1c2ccccc2nc(-c2cc3cc(Cl)ccc3o2)n1N=Cc1ccc(OCc2cccc(F)c2)c([N+](=O)[O-])c1. The molecule has 41 heavy (non-hydrogen) atoms. The molecule has 0 atom stereocenters. The highest BCUT2D eigenvalue weighted by Gasteiger charge is 2.18. The van der Waals surface area contributed by atoms with Gasteiger partial charge in [0.1, 0.15) is 18.0 Å². The maximum Gasteiger partial charge on any atom is 0.311 e. The van der Waals surface area contributed by atoms with Crippen molar-refractivity contribution in [2.45, 2.75) is 6.61 Å². The molecule has 202 valence electrons. The minimum absolute atomic E-state index is 0.00238. The Morgan fingerprint density at radius 1 is 1.05 bits per heavy atom. The van der Waals surface area contributed by atoms with E-state index in [1.54, 1.807) is 60.7 Å². The molecular weight excluding hydrogens is 551 g/mol. The van der Waals surface area contributed by atoms with Gasteiger partial charge >= 0.3 is 5.69 Å². The van der Waals surface area contributed by atoms with Crippen LogP contribution in [-0.2, 0) is 6.61 Å². The normalized spacial score (nSPS) is 11.5. The van der Waals surface area contributed by atoms with Gasteiger partial charge in [-0.05, 0) is 66.2 Å². The van der Waals surface area contributed by atoms with E-state index < -0.39 is 16.3 Å². The van der Waals surface area contributed by atoms with Crippen molar-refractivity contribution in [1.29, 1.82) is 0 Å². The summed E-state index contributed by atoms with van der Waals surface area (Å²) >= 11 is 6.12. The van der Waals surface area contributed by atoms with Crippen molar-refractivity contribution < 1.29 is 18.5 Å². The number of hydrogen-bond acceptors (Lipinski definition) is 7. The number of aromatic nitrogens is 2. The largest absolute Gasteiger partial charge is 0.482 e. The molecule has 0 amide bonds. The van der Waals surface area contributed by atoms with E-state index in [9.17, 15) is 19.3 Å². The summed E-state index contributed by atoms with van der Waals surface area (Å²) in [5, 5.41) is 17.7. The van der Waals surface area contributed by atoms with Crippen LogP contribution in [0.15, 0.2) is 105 Å². The highest BCUT2D eigenvalue weighted by Crippen LogP contribution is 2.30. The number of hydrogen-bond donors (Lipinski definition) is 0. The second-order valence-corrected chi connectivity index (χ2v) is 9.45. The molecule has 0 aliphatic carbocycles. The molecule has 4 aromatic carbocycles. The van der Waals surface area contributed by atoms with Gasteiger partial charge in [0.25, 0.3) is 5.56 Å². The van der Waals surface area contributed by atoms with Crippen molar-refractivity contribution in [2.75, 3.05) is 0 Å². The third-order valence-corrected chi connectivity index (χ3v) is 6.47. The number of para-hydroxylation sites is 1. The number of furan rings is 1. The lowest BCUT2D eigenvalue weighted by Gasteiger charge is -2.08. The minimum atomic E-state index is -0.590. The summed E-state index contributed by atoms with van der Waals surface area (Å²) < 4.78 is 26.1. The first kappa shape index (κ1) is 25.9. The van der Waals surface area contributed by atoms with E-state index in [0.717, 1.165) is 10.1 Å². The van der Waals surface area contributed by atoms with E-state index in [-0.39, 0.29) is 29.6 Å². The van der Waals surface area contributed by atoms with Crippen LogP contribution in [0.5, 0.6) is 5.75 Å². The van der Waals surface area contributed by atoms with Crippen LogP contribution in [0.25, 0.3) is 33.5 Å². The molecule has 9 nitrogen and oxygen atoms in total. The summed E-state index contributed by atoms with van der Waals surface area (Å²) in [5.74, 6) is -0.00450. The van der Waals surface area contributed by atoms with Crippen LogP contribution in [0.2, 0.25) is 5.02 Å². The summed E-state index contributed by atoms with van der Waals surface area (Å²) in [6, 6.07) is 23.7. The molecule has 2 heterocycles. The Kier molecular flexibility index (Phi) is 6.74. The van der Waals surface area contributed by atoms with Crippen LogP contribution in [-0.4, -0.2) is 20.8 Å². The Bertz CT molecular complexity index is 2050. The highest BCUT2D eigenvalue weighted by molar-refractivity contribution is 6.31. The average molecular weight is 569 g/mol. The maximum absolute atomic E-state index is 13.5. The lowest BCUT2D eigenvalue weighted by molar-refractivity contribution is -0.385. The van der Waals surface area contributed by atoms with Crippen molar-refractivity contribution in [3.8, 4) is 17.3 Å². The Morgan fingerprint density at radius 2 is 1.90 bits per heavy atom. The molecule has 0 saturated carbocycles. The number of fused-ring (bicyclic) bond motifs is 2. The van der Waals surface area contributed by atoms with E-state index in [1.165, 1.54) is 36.5 Å². The average Bonchev–Trinajstić information content (AvgIpc) is 3.39. The number of nitro benzene ring substituents is 1. The van der Waals surface area contributed by atoms with Gasteiger partial charge in [0.2, 0.25) is 5.82 Å². The topological polar surface area (TPSA) is 113 Å². The van der Waals surface area contributed by atoms with Gasteiger partial charge < -0.3 is 9.15 Å². The third kappa shape index (κ3) is 5.28. The zero-order chi connectivity index (χ0) is 28.5. The van der Waals surface area contributed by atoms with Crippen LogP contribution in [0.4, 0.5) is 10.1 Å². The summed E-state index contributed by atoms with van der Waals surface area (Å²) in [4.78, 5) is 29.3. The number of rotatable bonds is 7. The lowest BCUT2D eigenvalue weighted by Crippen LogP contribution is -2.20. The molecule has 0 bridgehead atoms. The molecular formula is C30H18ClFN4O5. The fourth-order valence-electron chi connectivity index (χ4n) is 4.31. The van der Waals surface area contributed by atoms with Crippen LogP contribution in [0, 0.1) is 15.9 Å². The second kappa shape index (κ2) is 10.7. The molecule has 0 aliphatic rings. The van der Waals surface area contributed by atoms with Gasteiger partial charge in [0.05, 0.1) is 22.0 Å². The number of benzene rings is 4. The van der Waals surface area contributed by atoms with Gasteiger partial charge in [-0.25, -0.2) is 9.37 Å². The van der Waals surface area contributed by atoms with Crippen molar-refractivity contribution in [3.05, 3.63) is 133 Å². The molecule has 0 spiro atoms. The van der Waals surface area contributed by atoms with Gasteiger partial charge in [-0.2, -0.15) is 9.78 Å². The second-order valence-electron chi connectivity index (χ2n) is 9.01. The van der Waals surface area contributed by atoms with E-state index in [4.69, 9.17) is 20.8 Å². The van der Waals surface area contributed by atoms with Crippen LogP contribution >= 0.6 is 11.6 Å². The first-order chi connectivity index (χ1) is 19.9. The summed E-state index contributed by atoms with van der Waals surface area (Å²) in [5.41, 5.74) is 1.08. The molecule has 0 radical (unpaired) electrons. The number of ether oxygens (including phenoxy) is 1. The summed E-state index contributed by atoms with van der Waals surface area (Å²) in [7, 11) is 0. The molecule has 6 rings (SSSR count). The minimum Gasteiger partial charge on any atom is -0.482 e. The fourth-order valence-corrected chi connectivity index (χ4v) is 4.49. The molecule has 0 saturated heterocycles. The quantitative estimate of drug-likeness (QED) is 0.117. The Hall–Kier alpha value is -5.35.